The molecule has 0 radical (unpaired) electrons. The molecule has 6 nitrogen and oxygen atoms in total. The molecule has 180 valence electrons. The van der Waals surface area contributed by atoms with Crippen LogP contribution < -0.4 is 14.8 Å². The maximum absolute atomic E-state index is 6.37. The second-order valence-electron chi connectivity index (χ2n) is 8.56. The van der Waals surface area contributed by atoms with Crippen LogP contribution in [-0.2, 0) is 11.3 Å². The molecule has 35 heavy (non-hydrogen) atoms. The first-order chi connectivity index (χ1) is 17.3. The Bertz CT molecular complexity index is 1250. The molecule has 1 aliphatic rings. The van der Waals surface area contributed by atoms with Crippen LogP contribution in [0, 0.1) is 0 Å². The Morgan fingerprint density at radius 2 is 1.66 bits per heavy atom. The summed E-state index contributed by atoms with van der Waals surface area (Å²) in [6.07, 6.45) is 4.71. The fourth-order valence-electron chi connectivity index (χ4n) is 4.36. The highest BCUT2D eigenvalue weighted by Gasteiger charge is 2.28. The number of para-hydroxylation sites is 1. The lowest BCUT2D eigenvalue weighted by molar-refractivity contribution is 0.0105. The van der Waals surface area contributed by atoms with Crippen molar-refractivity contribution in [3.05, 3.63) is 95.3 Å². The number of nitrogens with one attached hydrogen (secondary N) is 1. The van der Waals surface area contributed by atoms with E-state index in [2.05, 4.69) is 57.7 Å². The molecule has 1 aliphatic heterocycles. The number of piperidine rings is 1. The van der Waals surface area contributed by atoms with E-state index in [1.165, 1.54) is 16.3 Å². The molecule has 0 bridgehead atoms. The van der Waals surface area contributed by atoms with Crippen LogP contribution in [0.15, 0.2) is 79.1 Å². The number of hydrogen-bond donors (Lipinski definition) is 1. The first kappa shape index (κ1) is 23.5. The second kappa shape index (κ2) is 11.5. The van der Waals surface area contributed by atoms with Gasteiger partial charge < -0.3 is 19.5 Å². The van der Waals surface area contributed by atoms with Crippen molar-refractivity contribution in [3.8, 4) is 11.8 Å². The van der Waals surface area contributed by atoms with Crippen LogP contribution in [0.1, 0.15) is 23.5 Å². The summed E-state index contributed by atoms with van der Waals surface area (Å²) < 4.78 is 17.7. The summed E-state index contributed by atoms with van der Waals surface area (Å²) in [5, 5.41) is 6.50. The molecule has 0 amide bonds. The Hall–Kier alpha value is -3.19. The van der Waals surface area contributed by atoms with E-state index in [1.54, 1.807) is 6.07 Å². The topological polar surface area (TPSA) is 65.5 Å². The highest BCUT2D eigenvalue weighted by Crippen LogP contribution is 2.28. The molecule has 0 aliphatic carbocycles. The van der Waals surface area contributed by atoms with E-state index in [0.717, 1.165) is 25.1 Å². The van der Waals surface area contributed by atoms with Crippen LogP contribution in [0.25, 0.3) is 10.8 Å². The van der Waals surface area contributed by atoms with Crippen LogP contribution in [0.2, 0.25) is 5.02 Å². The zero-order valence-corrected chi connectivity index (χ0v) is 20.2. The van der Waals surface area contributed by atoms with E-state index >= 15 is 0 Å². The van der Waals surface area contributed by atoms with Gasteiger partial charge in [0, 0.05) is 24.9 Å². The summed E-state index contributed by atoms with van der Waals surface area (Å²) in [4.78, 5) is 8.82. The third-order valence-corrected chi connectivity index (χ3v) is 6.50. The third kappa shape index (κ3) is 6.09. The van der Waals surface area contributed by atoms with E-state index in [1.807, 2.05) is 30.6 Å². The van der Waals surface area contributed by atoms with Gasteiger partial charge in [0.1, 0.15) is 19.0 Å². The monoisotopic (exact) mass is 489 g/mol. The van der Waals surface area contributed by atoms with E-state index in [9.17, 15) is 0 Å². The van der Waals surface area contributed by atoms with Crippen molar-refractivity contribution >= 4 is 22.4 Å². The van der Waals surface area contributed by atoms with Crippen LogP contribution in [-0.4, -0.2) is 42.4 Å². The number of fused-ring (bicyclic) bond motifs is 1. The van der Waals surface area contributed by atoms with Gasteiger partial charge in [-0.05, 0) is 53.1 Å². The van der Waals surface area contributed by atoms with Crippen molar-refractivity contribution in [3.63, 3.8) is 0 Å². The molecule has 1 aromatic heterocycles. The van der Waals surface area contributed by atoms with Gasteiger partial charge in [-0.15, -0.1) is 0 Å². The van der Waals surface area contributed by atoms with Gasteiger partial charge in [-0.1, -0.05) is 60.1 Å². The van der Waals surface area contributed by atoms with Crippen LogP contribution in [0.5, 0.6) is 11.8 Å². The predicted molar refractivity (Wildman–Crippen MR) is 137 cm³/mol. The average molecular weight is 490 g/mol. The molecular formula is C28H28ClN3O3. The van der Waals surface area contributed by atoms with Crippen LogP contribution in [0.4, 0.5) is 0 Å². The number of hydrogen-bond acceptors (Lipinski definition) is 6. The zero-order chi connectivity index (χ0) is 23.9. The number of rotatable bonds is 9. The van der Waals surface area contributed by atoms with Gasteiger partial charge in [0.25, 0.3) is 0 Å². The van der Waals surface area contributed by atoms with E-state index in [-0.39, 0.29) is 12.0 Å². The zero-order valence-electron chi connectivity index (χ0n) is 19.4. The molecule has 7 heteroatoms. The van der Waals surface area contributed by atoms with E-state index in [4.69, 9.17) is 25.8 Å². The normalized spacial score (nSPS) is 17.9. The van der Waals surface area contributed by atoms with Crippen LogP contribution >= 0.6 is 11.6 Å². The Balaban J connectivity index is 1.15. The number of nitrogens with zero attached hydrogens (tertiary/aromatic N) is 2. The minimum atomic E-state index is 0.0506. The summed E-state index contributed by atoms with van der Waals surface area (Å²) in [7, 11) is 0. The largest absolute Gasteiger partial charge is 0.488 e. The summed E-state index contributed by atoms with van der Waals surface area (Å²) in [6, 6.07) is 22.6. The van der Waals surface area contributed by atoms with E-state index < -0.39 is 0 Å². The van der Waals surface area contributed by atoms with Crippen LogP contribution in [0.3, 0.4) is 0 Å². The van der Waals surface area contributed by atoms with Crippen molar-refractivity contribution < 1.29 is 14.2 Å². The SMILES string of the molecule is Clc1ccccc1OCCOc1ncc(C2CCNCC2OCc2ccc3ccccc3c2)cn1. The van der Waals surface area contributed by atoms with Crippen molar-refractivity contribution in [1.29, 1.82) is 0 Å². The molecule has 1 N–H and O–H groups in total. The predicted octanol–water partition coefficient (Wildman–Crippen LogP) is 5.40. The number of ether oxygens (including phenoxy) is 3. The lowest BCUT2D eigenvalue weighted by atomic mass is 9.89. The molecule has 1 fully saturated rings. The Morgan fingerprint density at radius 3 is 2.51 bits per heavy atom. The molecule has 1 saturated heterocycles. The molecule has 0 spiro atoms. The van der Waals surface area contributed by atoms with E-state index in [0.29, 0.717) is 36.6 Å². The number of aromatic nitrogens is 2. The molecule has 0 saturated carbocycles. The fourth-order valence-corrected chi connectivity index (χ4v) is 4.55. The lowest BCUT2D eigenvalue weighted by Gasteiger charge is -2.32. The van der Waals surface area contributed by atoms with Gasteiger partial charge in [0.2, 0.25) is 0 Å². The first-order valence-electron chi connectivity index (χ1n) is 11.9. The van der Waals surface area contributed by atoms with Gasteiger partial charge in [0.15, 0.2) is 0 Å². The molecule has 5 rings (SSSR count). The van der Waals surface area contributed by atoms with Crippen molar-refractivity contribution in [2.24, 2.45) is 0 Å². The summed E-state index contributed by atoms with van der Waals surface area (Å²) in [6.45, 7) is 3.00. The Labute approximate surface area is 210 Å². The number of halogens is 1. The maximum Gasteiger partial charge on any atom is 0.316 e. The van der Waals surface area contributed by atoms with Gasteiger partial charge in [0.05, 0.1) is 17.7 Å². The highest BCUT2D eigenvalue weighted by atomic mass is 35.5. The van der Waals surface area contributed by atoms with Gasteiger partial charge >= 0.3 is 6.01 Å². The van der Waals surface area contributed by atoms with Crippen molar-refractivity contribution in [2.45, 2.75) is 25.0 Å². The van der Waals surface area contributed by atoms with Crippen molar-refractivity contribution in [1.82, 2.24) is 15.3 Å². The van der Waals surface area contributed by atoms with Crippen molar-refractivity contribution in [2.75, 3.05) is 26.3 Å². The second-order valence-corrected chi connectivity index (χ2v) is 8.96. The molecular weight excluding hydrogens is 462 g/mol. The smallest absolute Gasteiger partial charge is 0.316 e. The summed E-state index contributed by atoms with van der Waals surface area (Å²) >= 11 is 6.10. The third-order valence-electron chi connectivity index (χ3n) is 6.19. The fraction of sp³-hybridized carbons (Fsp3) is 0.286. The minimum absolute atomic E-state index is 0.0506. The Kier molecular flexibility index (Phi) is 7.73. The summed E-state index contributed by atoms with van der Waals surface area (Å²) in [5.74, 6) is 0.865. The minimum Gasteiger partial charge on any atom is -0.488 e. The molecule has 2 atom stereocenters. The Morgan fingerprint density at radius 1 is 0.886 bits per heavy atom. The molecule has 2 unspecified atom stereocenters. The quantitative estimate of drug-likeness (QED) is 0.317. The number of benzene rings is 3. The highest BCUT2D eigenvalue weighted by molar-refractivity contribution is 6.32. The van der Waals surface area contributed by atoms with Gasteiger partial charge in [-0.3, -0.25) is 0 Å². The maximum atomic E-state index is 6.37. The first-order valence-corrected chi connectivity index (χ1v) is 12.3. The molecule has 2 heterocycles. The lowest BCUT2D eigenvalue weighted by Crippen LogP contribution is -2.41. The van der Waals surface area contributed by atoms with Gasteiger partial charge in [-0.2, -0.15) is 0 Å². The summed E-state index contributed by atoms with van der Waals surface area (Å²) in [5.41, 5.74) is 2.24. The molecule has 4 aromatic rings. The average Bonchev–Trinajstić information content (AvgIpc) is 2.91. The molecule has 3 aromatic carbocycles. The van der Waals surface area contributed by atoms with Gasteiger partial charge in [-0.25, -0.2) is 9.97 Å². The standard InChI is InChI=1S/C28H28ClN3O3/c29-25-7-3-4-8-26(25)33-13-14-34-28-31-16-23(17-32-28)24-11-12-30-18-27(24)35-19-20-9-10-21-5-1-2-6-22(21)15-20/h1-10,15-17,24,27,30H,11-14,18-19H2.